The van der Waals surface area contributed by atoms with Crippen molar-refractivity contribution in [2.24, 2.45) is 0 Å². The molecular weight excluding hydrogens is 297 g/mol. The van der Waals surface area contributed by atoms with Gasteiger partial charge in [0.1, 0.15) is 5.82 Å². The quantitative estimate of drug-likeness (QED) is 0.842. The van der Waals surface area contributed by atoms with Gasteiger partial charge >= 0.3 is 0 Å². The Hall–Kier alpha value is -1.95. The summed E-state index contributed by atoms with van der Waals surface area (Å²) < 4.78 is 14.1. The molecule has 0 spiro atoms. The second-order valence-electron chi connectivity index (χ2n) is 6.15. The van der Waals surface area contributed by atoms with Gasteiger partial charge in [-0.2, -0.15) is 0 Å². The second kappa shape index (κ2) is 6.66. The van der Waals surface area contributed by atoms with E-state index in [1.807, 2.05) is 0 Å². The summed E-state index contributed by atoms with van der Waals surface area (Å²) in [6.07, 6.45) is 3.36. The summed E-state index contributed by atoms with van der Waals surface area (Å²) in [5, 5.41) is 5.43. The monoisotopic (exact) mass is 319 g/mol. The fourth-order valence-electron chi connectivity index (χ4n) is 3.02. The van der Waals surface area contributed by atoms with Crippen molar-refractivity contribution in [3.05, 3.63) is 29.1 Å². The van der Waals surface area contributed by atoms with E-state index in [1.165, 1.54) is 18.9 Å². The van der Waals surface area contributed by atoms with Crippen LogP contribution in [0.2, 0.25) is 0 Å². The molecule has 0 unspecified atom stereocenters. The lowest BCUT2D eigenvalue weighted by Crippen LogP contribution is -2.36. The molecule has 0 bridgehead atoms. The van der Waals surface area contributed by atoms with Crippen molar-refractivity contribution < 1.29 is 14.0 Å². The molecule has 0 saturated heterocycles. The van der Waals surface area contributed by atoms with Crippen LogP contribution in [0.3, 0.4) is 0 Å². The number of benzene rings is 1. The van der Waals surface area contributed by atoms with Crippen LogP contribution in [0.1, 0.15) is 42.1 Å². The zero-order chi connectivity index (χ0) is 16.4. The molecule has 1 aliphatic carbocycles. The minimum Gasteiger partial charge on any atom is -0.351 e. The number of carbonyl (C=O) groups excluding carboxylic acids is 2. The molecule has 1 fully saturated rings. The van der Waals surface area contributed by atoms with Crippen LogP contribution >= 0.6 is 0 Å². The molecule has 23 heavy (non-hydrogen) atoms. The van der Waals surface area contributed by atoms with Crippen LogP contribution < -0.4 is 10.6 Å². The van der Waals surface area contributed by atoms with Crippen molar-refractivity contribution in [3.63, 3.8) is 0 Å². The molecule has 5 nitrogen and oxygen atoms in total. The molecule has 1 heterocycles. The van der Waals surface area contributed by atoms with Gasteiger partial charge in [-0.1, -0.05) is 6.92 Å². The van der Waals surface area contributed by atoms with Crippen molar-refractivity contribution in [2.45, 2.75) is 38.6 Å². The van der Waals surface area contributed by atoms with Crippen LogP contribution in [0.5, 0.6) is 0 Å². The van der Waals surface area contributed by atoms with Crippen molar-refractivity contribution in [2.75, 3.05) is 25.0 Å². The van der Waals surface area contributed by atoms with Crippen LogP contribution in [-0.2, 0) is 11.2 Å². The van der Waals surface area contributed by atoms with Crippen LogP contribution in [0.4, 0.5) is 10.1 Å². The Labute approximate surface area is 135 Å². The Morgan fingerprint density at radius 1 is 1.39 bits per heavy atom. The van der Waals surface area contributed by atoms with Crippen molar-refractivity contribution >= 4 is 17.5 Å². The first-order valence-corrected chi connectivity index (χ1v) is 8.23. The van der Waals surface area contributed by atoms with Gasteiger partial charge in [-0.05, 0) is 43.5 Å². The Kier molecular flexibility index (Phi) is 4.61. The van der Waals surface area contributed by atoms with E-state index in [-0.39, 0.29) is 11.5 Å². The predicted octanol–water partition coefficient (Wildman–Crippen LogP) is 1.92. The Morgan fingerprint density at radius 3 is 2.87 bits per heavy atom. The van der Waals surface area contributed by atoms with E-state index >= 15 is 0 Å². The van der Waals surface area contributed by atoms with Crippen molar-refractivity contribution in [3.8, 4) is 0 Å². The first-order chi connectivity index (χ1) is 11.1. The number of hydrogen-bond donors (Lipinski definition) is 2. The normalized spacial score (nSPS) is 16.9. The molecule has 6 heteroatoms. The van der Waals surface area contributed by atoms with Crippen LogP contribution in [0.25, 0.3) is 0 Å². The predicted molar refractivity (Wildman–Crippen MR) is 86.0 cm³/mol. The van der Waals surface area contributed by atoms with E-state index in [4.69, 9.17) is 0 Å². The fourth-order valence-corrected chi connectivity index (χ4v) is 3.02. The summed E-state index contributed by atoms with van der Waals surface area (Å²) >= 11 is 0. The van der Waals surface area contributed by atoms with Crippen molar-refractivity contribution in [1.29, 1.82) is 0 Å². The third-order valence-electron chi connectivity index (χ3n) is 4.49. The third kappa shape index (κ3) is 3.69. The lowest BCUT2D eigenvalue weighted by molar-refractivity contribution is -0.116. The highest BCUT2D eigenvalue weighted by atomic mass is 19.1. The number of fused-ring (bicyclic) bond motifs is 1. The molecule has 1 saturated carbocycles. The average Bonchev–Trinajstić information content (AvgIpc) is 3.35. The highest BCUT2D eigenvalue weighted by Crippen LogP contribution is 2.27. The number of amides is 2. The SMILES string of the molecule is CCN(CCNC(=O)c1cc2c(cc1F)NC(=O)CC2)C1CC1. The van der Waals surface area contributed by atoms with Gasteiger partial charge in [0.2, 0.25) is 5.91 Å². The smallest absolute Gasteiger partial charge is 0.254 e. The van der Waals surface area contributed by atoms with E-state index in [1.54, 1.807) is 6.07 Å². The molecule has 1 aliphatic heterocycles. The van der Waals surface area contributed by atoms with E-state index in [0.29, 0.717) is 31.1 Å². The van der Waals surface area contributed by atoms with E-state index in [9.17, 15) is 14.0 Å². The van der Waals surface area contributed by atoms with Gasteiger partial charge in [0.05, 0.1) is 5.56 Å². The molecule has 2 aliphatic rings. The minimum atomic E-state index is -0.599. The van der Waals surface area contributed by atoms with Gasteiger partial charge in [0.15, 0.2) is 0 Å². The first kappa shape index (κ1) is 15.9. The minimum absolute atomic E-state index is 0.0503. The van der Waals surface area contributed by atoms with Gasteiger partial charge in [-0.15, -0.1) is 0 Å². The van der Waals surface area contributed by atoms with Gasteiger partial charge in [0, 0.05) is 31.2 Å². The number of anilines is 1. The number of nitrogens with zero attached hydrogens (tertiary/aromatic N) is 1. The number of likely N-dealkylation sites (N-methyl/N-ethyl adjacent to an activating group) is 1. The maximum absolute atomic E-state index is 14.1. The summed E-state index contributed by atoms with van der Waals surface area (Å²) in [5.41, 5.74) is 1.33. The second-order valence-corrected chi connectivity index (χ2v) is 6.15. The maximum Gasteiger partial charge on any atom is 0.254 e. The van der Waals surface area contributed by atoms with Gasteiger partial charge in [-0.3, -0.25) is 14.5 Å². The topological polar surface area (TPSA) is 61.4 Å². The number of hydrogen-bond acceptors (Lipinski definition) is 3. The van der Waals surface area contributed by atoms with E-state index in [2.05, 4.69) is 22.5 Å². The molecule has 2 amide bonds. The Bertz CT molecular complexity index is 629. The first-order valence-electron chi connectivity index (χ1n) is 8.23. The Balaban J connectivity index is 1.61. The van der Waals surface area contributed by atoms with Gasteiger partial charge in [-0.25, -0.2) is 4.39 Å². The zero-order valence-electron chi connectivity index (χ0n) is 13.3. The molecule has 2 N–H and O–H groups in total. The molecule has 1 aromatic carbocycles. The standard InChI is InChI=1S/C17H22FN3O2/c1-2-21(12-4-5-12)8-7-19-17(23)13-9-11-3-6-16(22)20-15(11)10-14(13)18/h9-10,12H,2-8H2,1H3,(H,19,23)(H,20,22). The fraction of sp³-hybridized carbons (Fsp3) is 0.529. The highest BCUT2D eigenvalue weighted by Gasteiger charge is 2.27. The van der Waals surface area contributed by atoms with Crippen LogP contribution in [0.15, 0.2) is 12.1 Å². The summed E-state index contributed by atoms with van der Waals surface area (Å²) in [4.78, 5) is 25.9. The molecular formula is C17H22FN3O2. The van der Waals surface area contributed by atoms with Gasteiger partial charge in [0.25, 0.3) is 5.91 Å². The molecule has 0 aromatic heterocycles. The van der Waals surface area contributed by atoms with E-state index in [0.717, 1.165) is 18.7 Å². The maximum atomic E-state index is 14.1. The summed E-state index contributed by atoms with van der Waals surface area (Å²) in [6, 6.07) is 3.45. The highest BCUT2D eigenvalue weighted by molar-refractivity contribution is 5.98. The van der Waals surface area contributed by atoms with E-state index < -0.39 is 11.7 Å². The largest absolute Gasteiger partial charge is 0.351 e. The number of rotatable bonds is 6. The third-order valence-corrected chi connectivity index (χ3v) is 4.49. The summed E-state index contributed by atoms with van der Waals surface area (Å²) in [6.45, 7) is 4.37. The van der Waals surface area contributed by atoms with Crippen LogP contribution in [0, 0.1) is 5.82 Å². The lowest BCUT2D eigenvalue weighted by atomic mass is 9.99. The average molecular weight is 319 g/mol. The Morgan fingerprint density at radius 2 is 2.17 bits per heavy atom. The van der Waals surface area contributed by atoms with Crippen molar-refractivity contribution in [1.82, 2.24) is 10.2 Å². The number of halogens is 1. The summed E-state index contributed by atoms with van der Waals surface area (Å²) in [7, 11) is 0. The molecule has 3 rings (SSSR count). The zero-order valence-corrected chi connectivity index (χ0v) is 13.3. The lowest BCUT2D eigenvalue weighted by Gasteiger charge is -2.20. The summed E-state index contributed by atoms with van der Waals surface area (Å²) in [5.74, 6) is -1.11. The van der Waals surface area contributed by atoms with Gasteiger partial charge < -0.3 is 10.6 Å². The van der Waals surface area contributed by atoms with Crippen LogP contribution in [-0.4, -0.2) is 42.4 Å². The number of nitrogens with one attached hydrogen (secondary N) is 2. The molecule has 1 aromatic rings. The molecule has 0 atom stereocenters. The number of carbonyl (C=O) groups is 2. The number of aryl methyl sites for hydroxylation is 1. The molecule has 124 valence electrons. The molecule has 0 radical (unpaired) electrons.